The van der Waals surface area contributed by atoms with Crippen LogP contribution in [0.25, 0.3) is 0 Å². The topological polar surface area (TPSA) is 58.1 Å². The van der Waals surface area contributed by atoms with E-state index in [1.165, 1.54) is 0 Å². The molecule has 1 unspecified atom stereocenters. The summed E-state index contributed by atoms with van der Waals surface area (Å²) in [5, 5.41) is 7.45. The van der Waals surface area contributed by atoms with Crippen LogP contribution in [0.2, 0.25) is 5.02 Å². The zero-order valence-electron chi connectivity index (χ0n) is 15.0. The molecule has 2 rings (SSSR count). The van der Waals surface area contributed by atoms with Crippen LogP contribution in [0.3, 0.4) is 0 Å². The van der Waals surface area contributed by atoms with E-state index in [4.69, 9.17) is 21.1 Å². The highest BCUT2D eigenvalue weighted by molar-refractivity contribution is 14.0. The van der Waals surface area contributed by atoms with Crippen LogP contribution in [0.1, 0.15) is 13.3 Å². The molecule has 0 radical (unpaired) electrons. The third-order valence-electron chi connectivity index (χ3n) is 3.98. The summed E-state index contributed by atoms with van der Waals surface area (Å²) in [6.07, 6.45) is 1.03. The van der Waals surface area contributed by atoms with Crippen LogP contribution in [-0.4, -0.2) is 59.0 Å². The largest absolute Gasteiger partial charge is 0.495 e. The molecule has 1 aliphatic rings. The molecule has 1 fully saturated rings. The monoisotopic (exact) mass is 482 g/mol. The molecule has 0 bridgehead atoms. The minimum Gasteiger partial charge on any atom is -0.495 e. The van der Waals surface area contributed by atoms with Crippen LogP contribution in [0.5, 0.6) is 5.75 Å². The van der Waals surface area contributed by atoms with Crippen molar-refractivity contribution < 1.29 is 9.47 Å². The Labute approximate surface area is 172 Å². The van der Waals surface area contributed by atoms with Gasteiger partial charge in [0.1, 0.15) is 5.75 Å². The maximum Gasteiger partial charge on any atom is 0.191 e. The molecular formula is C17H28ClIN4O2. The number of rotatable bonds is 7. The number of nitrogens with one attached hydrogen (secondary N) is 2. The summed E-state index contributed by atoms with van der Waals surface area (Å²) < 4.78 is 10.8. The van der Waals surface area contributed by atoms with Gasteiger partial charge in [0.05, 0.1) is 19.4 Å². The van der Waals surface area contributed by atoms with Crippen molar-refractivity contribution in [1.82, 2.24) is 10.6 Å². The third-order valence-corrected chi connectivity index (χ3v) is 4.21. The first-order valence-corrected chi connectivity index (χ1v) is 8.69. The van der Waals surface area contributed by atoms with E-state index < -0.39 is 0 Å². The molecule has 1 saturated heterocycles. The van der Waals surface area contributed by atoms with Gasteiger partial charge in [0.15, 0.2) is 5.96 Å². The molecule has 1 heterocycles. The van der Waals surface area contributed by atoms with E-state index in [1.807, 2.05) is 25.1 Å². The lowest BCUT2D eigenvalue weighted by atomic mass is 10.2. The highest BCUT2D eigenvalue weighted by Gasteiger charge is 2.25. The van der Waals surface area contributed by atoms with Gasteiger partial charge in [-0.3, -0.25) is 4.99 Å². The van der Waals surface area contributed by atoms with E-state index in [0.717, 1.165) is 55.1 Å². The zero-order valence-corrected chi connectivity index (χ0v) is 18.1. The lowest BCUT2D eigenvalue weighted by molar-refractivity contribution is 0.152. The highest BCUT2D eigenvalue weighted by atomic mass is 127. The number of hydrogen-bond donors (Lipinski definition) is 2. The third kappa shape index (κ3) is 6.71. The fourth-order valence-electron chi connectivity index (χ4n) is 2.78. The first-order chi connectivity index (χ1) is 11.7. The minimum atomic E-state index is 0. The Balaban J connectivity index is 0.00000312. The average molecular weight is 483 g/mol. The Morgan fingerprint density at radius 2 is 2.24 bits per heavy atom. The van der Waals surface area contributed by atoms with Crippen LogP contribution < -0.4 is 20.3 Å². The van der Waals surface area contributed by atoms with Crippen LogP contribution in [-0.2, 0) is 4.74 Å². The van der Waals surface area contributed by atoms with Crippen molar-refractivity contribution in [3.05, 3.63) is 23.2 Å². The predicted molar refractivity (Wildman–Crippen MR) is 115 cm³/mol. The molecule has 0 amide bonds. The molecule has 6 nitrogen and oxygen atoms in total. The van der Waals surface area contributed by atoms with Gasteiger partial charge < -0.3 is 25.0 Å². The molecule has 0 aromatic heterocycles. The smallest absolute Gasteiger partial charge is 0.191 e. The lowest BCUT2D eigenvalue weighted by Gasteiger charge is -2.22. The molecule has 1 aromatic carbocycles. The summed E-state index contributed by atoms with van der Waals surface area (Å²) in [5.74, 6) is 1.65. The molecule has 1 aromatic rings. The zero-order chi connectivity index (χ0) is 17.4. The Hall–Kier alpha value is -0.930. The molecule has 8 heteroatoms. The summed E-state index contributed by atoms with van der Waals surface area (Å²) in [5.41, 5.74) is 1.04. The van der Waals surface area contributed by atoms with Crippen molar-refractivity contribution >= 4 is 47.2 Å². The Bertz CT molecular complexity index is 559. The highest BCUT2D eigenvalue weighted by Crippen LogP contribution is 2.33. The predicted octanol–water partition coefficient (Wildman–Crippen LogP) is 2.75. The standard InChI is InChI=1S/C17H27ClN4O2.HI/c1-4-24-10-8-20-17(19-2)21-14-7-9-22(12-14)15-11-13(18)5-6-16(15)23-3;/h5-6,11,14H,4,7-10,12H2,1-3H3,(H2,19,20,21);1H. The van der Waals surface area contributed by atoms with Gasteiger partial charge in [0, 0.05) is 44.4 Å². The van der Waals surface area contributed by atoms with Crippen LogP contribution >= 0.6 is 35.6 Å². The molecule has 0 spiro atoms. The van der Waals surface area contributed by atoms with Crippen LogP contribution in [0.15, 0.2) is 23.2 Å². The summed E-state index contributed by atoms with van der Waals surface area (Å²) in [6, 6.07) is 6.04. The summed E-state index contributed by atoms with van der Waals surface area (Å²) >= 11 is 6.14. The number of nitrogens with zero attached hydrogens (tertiary/aromatic N) is 2. The maximum atomic E-state index is 6.14. The van der Waals surface area contributed by atoms with Gasteiger partial charge in [-0.25, -0.2) is 0 Å². The first-order valence-electron chi connectivity index (χ1n) is 8.31. The van der Waals surface area contributed by atoms with Crippen molar-refractivity contribution in [3.8, 4) is 5.75 Å². The van der Waals surface area contributed by atoms with Gasteiger partial charge in [-0.05, 0) is 31.5 Å². The second-order valence-electron chi connectivity index (χ2n) is 5.59. The molecular weight excluding hydrogens is 455 g/mol. The van der Waals surface area contributed by atoms with Gasteiger partial charge >= 0.3 is 0 Å². The lowest BCUT2D eigenvalue weighted by Crippen LogP contribution is -2.45. The van der Waals surface area contributed by atoms with Gasteiger partial charge in [-0.2, -0.15) is 0 Å². The first kappa shape index (κ1) is 22.1. The Morgan fingerprint density at radius 1 is 1.44 bits per heavy atom. The van der Waals surface area contributed by atoms with Crippen molar-refractivity contribution in [1.29, 1.82) is 0 Å². The number of ether oxygens (including phenoxy) is 2. The van der Waals surface area contributed by atoms with Gasteiger partial charge in [0.2, 0.25) is 0 Å². The number of methoxy groups -OCH3 is 1. The maximum absolute atomic E-state index is 6.14. The number of benzene rings is 1. The molecule has 25 heavy (non-hydrogen) atoms. The Morgan fingerprint density at radius 3 is 2.92 bits per heavy atom. The SMILES string of the molecule is CCOCCNC(=NC)NC1CCN(c2cc(Cl)ccc2OC)C1.I. The average Bonchev–Trinajstić information content (AvgIpc) is 3.06. The normalized spacial score (nSPS) is 17.2. The van der Waals surface area contributed by atoms with E-state index in [9.17, 15) is 0 Å². The number of halogens is 2. The second-order valence-corrected chi connectivity index (χ2v) is 6.02. The number of hydrogen-bond acceptors (Lipinski definition) is 4. The fraction of sp³-hybridized carbons (Fsp3) is 0.588. The van der Waals surface area contributed by atoms with E-state index in [2.05, 4.69) is 20.5 Å². The summed E-state index contributed by atoms with van der Waals surface area (Å²) in [6.45, 7) is 5.96. The van der Waals surface area contributed by atoms with Crippen molar-refractivity contribution in [2.75, 3.05) is 51.9 Å². The van der Waals surface area contributed by atoms with Gasteiger partial charge in [0.25, 0.3) is 0 Å². The summed E-state index contributed by atoms with van der Waals surface area (Å²) in [4.78, 5) is 6.56. The Kier molecular flexibility index (Phi) is 10.3. The van der Waals surface area contributed by atoms with Crippen LogP contribution in [0.4, 0.5) is 5.69 Å². The van der Waals surface area contributed by atoms with Crippen molar-refractivity contribution in [3.63, 3.8) is 0 Å². The van der Waals surface area contributed by atoms with E-state index >= 15 is 0 Å². The van der Waals surface area contributed by atoms with E-state index in [0.29, 0.717) is 12.6 Å². The molecule has 0 aliphatic carbocycles. The van der Waals surface area contributed by atoms with Gasteiger partial charge in [-0.1, -0.05) is 11.6 Å². The number of anilines is 1. The molecule has 1 atom stereocenters. The van der Waals surface area contributed by atoms with E-state index in [1.54, 1.807) is 14.2 Å². The molecule has 0 saturated carbocycles. The fourth-order valence-corrected chi connectivity index (χ4v) is 2.95. The van der Waals surface area contributed by atoms with Crippen molar-refractivity contribution in [2.24, 2.45) is 4.99 Å². The number of aliphatic imine (C=N–C) groups is 1. The molecule has 2 N–H and O–H groups in total. The quantitative estimate of drug-likeness (QED) is 0.271. The number of guanidine groups is 1. The van der Waals surface area contributed by atoms with Crippen LogP contribution in [0, 0.1) is 0 Å². The molecule has 1 aliphatic heterocycles. The van der Waals surface area contributed by atoms with E-state index in [-0.39, 0.29) is 24.0 Å². The molecule has 142 valence electrons. The summed E-state index contributed by atoms with van der Waals surface area (Å²) in [7, 11) is 3.46. The minimum absolute atomic E-state index is 0. The van der Waals surface area contributed by atoms with Gasteiger partial charge in [-0.15, -0.1) is 24.0 Å². The second kappa shape index (κ2) is 11.6. The van der Waals surface area contributed by atoms with Crippen molar-refractivity contribution in [2.45, 2.75) is 19.4 Å².